The molecule has 1 aliphatic heterocycles. The van der Waals surface area contributed by atoms with Gasteiger partial charge in [-0.25, -0.2) is 12.7 Å². The summed E-state index contributed by atoms with van der Waals surface area (Å²) in [6.45, 7) is 4.52. The molecule has 2 amide bonds. The van der Waals surface area contributed by atoms with E-state index in [4.69, 9.17) is 0 Å². The molecule has 0 saturated carbocycles. The van der Waals surface area contributed by atoms with Crippen molar-refractivity contribution >= 4 is 27.5 Å². The van der Waals surface area contributed by atoms with Crippen molar-refractivity contribution in [2.45, 2.75) is 44.9 Å². The van der Waals surface area contributed by atoms with E-state index in [1.54, 1.807) is 24.3 Å². The Balaban J connectivity index is 1.48. The maximum Gasteiger partial charge on any atom is 0.227 e. The van der Waals surface area contributed by atoms with E-state index in [2.05, 4.69) is 10.6 Å². The molecule has 0 spiro atoms. The van der Waals surface area contributed by atoms with Gasteiger partial charge in [0.2, 0.25) is 21.8 Å². The van der Waals surface area contributed by atoms with Crippen LogP contribution in [0.5, 0.6) is 0 Å². The Labute approximate surface area is 190 Å². The van der Waals surface area contributed by atoms with Gasteiger partial charge in [-0.3, -0.25) is 9.59 Å². The van der Waals surface area contributed by atoms with Gasteiger partial charge in [-0.1, -0.05) is 42.5 Å². The molecule has 1 aliphatic rings. The number of benzene rings is 2. The number of sulfonamides is 1. The third-order valence-electron chi connectivity index (χ3n) is 5.45. The van der Waals surface area contributed by atoms with E-state index < -0.39 is 10.0 Å². The standard InChI is InChI=1S/C24H31N3O4S/c1-18(2)25-23(28)16-19-8-10-22(11-9-19)26-24(29)21-12-14-27(15-13-21)32(30,31)17-20-6-4-3-5-7-20/h3-11,18,21H,12-17H2,1-2H3,(H,25,28)(H,26,29). The number of carbonyl (C=O) groups is 2. The lowest BCUT2D eigenvalue weighted by atomic mass is 9.97. The maximum atomic E-state index is 12.7. The molecular formula is C24H31N3O4S. The zero-order valence-corrected chi connectivity index (χ0v) is 19.4. The Morgan fingerprint density at radius 3 is 2.19 bits per heavy atom. The number of nitrogens with one attached hydrogen (secondary N) is 2. The van der Waals surface area contributed by atoms with Gasteiger partial charge in [0.15, 0.2) is 0 Å². The summed E-state index contributed by atoms with van der Waals surface area (Å²) in [5.41, 5.74) is 2.30. The van der Waals surface area contributed by atoms with Gasteiger partial charge in [0.05, 0.1) is 12.2 Å². The highest BCUT2D eigenvalue weighted by Crippen LogP contribution is 2.23. The second kappa shape index (κ2) is 10.7. The molecule has 8 heteroatoms. The van der Waals surface area contributed by atoms with Crippen molar-refractivity contribution in [3.63, 3.8) is 0 Å². The smallest absolute Gasteiger partial charge is 0.227 e. The topological polar surface area (TPSA) is 95.6 Å². The summed E-state index contributed by atoms with van der Waals surface area (Å²) in [4.78, 5) is 24.5. The number of nitrogens with zero attached hydrogens (tertiary/aromatic N) is 1. The highest BCUT2D eigenvalue weighted by Gasteiger charge is 2.31. The summed E-state index contributed by atoms with van der Waals surface area (Å²) in [6.07, 6.45) is 1.28. The molecular weight excluding hydrogens is 426 g/mol. The highest BCUT2D eigenvalue weighted by molar-refractivity contribution is 7.88. The summed E-state index contributed by atoms with van der Waals surface area (Å²) in [6, 6.07) is 16.5. The second-order valence-corrected chi connectivity index (χ2v) is 10.5. The first kappa shape index (κ1) is 23.9. The molecule has 0 atom stereocenters. The first-order valence-electron chi connectivity index (χ1n) is 10.9. The SMILES string of the molecule is CC(C)NC(=O)Cc1ccc(NC(=O)C2CCN(S(=O)(=O)Cc3ccccc3)CC2)cc1. The molecule has 1 heterocycles. The average molecular weight is 458 g/mol. The van der Waals surface area contributed by atoms with E-state index in [1.807, 2.05) is 44.2 Å². The third-order valence-corrected chi connectivity index (χ3v) is 7.30. The molecule has 3 rings (SSSR count). The Bertz CT molecular complexity index is 1010. The van der Waals surface area contributed by atoms with Crippen LogP contribution in [-0.4, -0.2) is 43.7 Å². The van der Waals surface area contributed by atoms with Gasteiger partial charge in [-0.15, -0.1) is 0 Å². The fourth-order valence-corrected chi connectivity index (χ4v) is 5.34. The number of anilines is 1. The van der Waals surface area contributed by atoms with E-state index >= 15 is 0 Å². The largest absolute Gasteiger partial charge is 0.354 e. The summed E-state index contributed by atoms with van der Waals surface area (Å²) in [7, 11) is -3.40. The van der Waals surface area contributed by atoms with Crippen molar-refractivity contribution in [3.05, 3.63) is 65.7 Å². The molecule has 2 aromatic carbocycles. The molecule has 1 saturated heterocycles. The minimum absolute atomic E-state index is 0.0216. The van der Waals surface area contributed by atoms with E-state index in [1.165, 1.54) is 4.31 Å². The number of amides is 2. The van der Waals surface area contributed by atoms with Crippen LogP contribution in [0.4, 0.5) is 5.69 Å². The van der Waals surface area contributed by atoms with Crippen molar-refractivity contribution in [1.29, 1.82) is 0 Å². The minimum Gasteiger partial charge on any atom is -0.354 e. The van der Waals surface area contributed by atoms with Gasteiger partial charge in [-0.2, -0.15) is 0 Å². The van der Waals surface area contributed by atoms with Crippen LogP contribution >= 0.6 is 0 Å². The third kappa shape index (κ3) is 6.90. The Hall–Kier alpha value is -2.71. The normalized spacial score (nSPS) is 15.5. The number of hydrogen-bond donors (Lipinski definition) is 2. The first-order chi connectivity index (χ1) is 15.2. The van der Waals surface area contributed by atoms with Crippen LogP contribution in [0.25, 0.3) is 0 Å². The van der Waals surface area contributed by atoms with Crippen LogP contribution in [-0.2, 0) is 31.8 Å². The lowest BCUT2D eigenvalue weighted by Gasteiger charge is -2.30. The van der Waals surface area contributed by atoms with Crippen molar-refractivity contribution in [2.24, 2.45) is 5.92 Å². The van der Waals surface area contributed by atoms with Crippen LogP contribution in [0.3, 0.4) is 0 Å². The quantitative estimate of drug-likeness (QED) is 0.637. The van der Waals surface area contributed by atoms with Gasteiger partial charge in [0, 0.05) is 30.7 Å². The zero-order chi connectivity index (χ0) is 23.1. The van der Waals surface area contributed by atoms with Crippen molar-refractivity contribution < 1.29 is 18.0 Å². The van der Waals surface area contributed by atoms with Gasteiger partial charge in [0.1, 0.15) is 0 Å². The minimum atomic E-state index is -3.40. The molecule has 0 aliphatic carbocycles. The first-order valence-corrected chi connectivity index (χ1v) is 12.5. The molecule has 0 bridgehead atoms. The van der Waals surface area contributed by atoms with E-state index in [0.29, 0.717) is 38.0 Å². The van der Waals surface area contributed by atoms with Crippen LogP contribution in [0.1, 0.15) is 37.8 Å². The Morgan fingerprint density at radius 1 is 0.969 bits per heavy atom. The van der Waals surface area contributed by atoms with Gasteiger partial charge >= 0.3 is 0 Å². The van der Waals surface area contributed by atoms with Crippen molar-refractivity contribution in [2.75, 3.05) is 18.4 Å². The summed E-state index contributed by atoms with van der Waals surface area (Å²) in [5.74, 6) is -0.387. The van der Waals surface area contributed by atoms with E-state index in [-0.39, 0.29) is 29.5 Å². The van der Waals surface area contributed by atoms with Crippen molar-refractivity contribution in [1.82, 2.24) is 9.62 Å². The molecule has 32 heavy (non-hydrogen) atoms. The molecule has 0 aromatic heterocycles. The van der Waals surface area contributed by atoms with Crippen LogP contribution < -0.4 is 10.6 Å². The summed E-state index contributed by atoms with van der Waals surface area (Å²) >= 11 is 0. The lowest BCUT2D eigenvalue weighted by Crippen LogP contribution is -2.41. The molecule has 2 aromatic rings. The monoisotopic (exact) mass is 457 g/mol. The number of hydrogen-bond acceptors (Lipinski definition) is 4. The number of carbonyl (C=O) groups excluding carboxylic acids is 2. The Kier molecular flexibility index (Phi) is 8.04. The fourth-order valence-electron chi connectivity index (χ4n) is 3.78. The highest BCUT2D eigenvalue weighted by atomic mass is 32.2. The summed E-state index contributed by atoms with van der Waals surface area (Å²) < 4.78 is 26.9. The number of rotatable bonds is 8. The van der Waals surface area contributed by atoms with Gasteiger partial charge in [0.25, 0.3) is 0 Å². The molecule has 0 unspecified atom stereocenters. The van der Waals surface area contributed by atoms with Gasteiger partial charge < -0.3 is 10.6 Å². The van der Waals surface area contributed by atoms with Gasteiger partial charge in [-0.05, 0) is 49.9 Å². The average Bonchev–Trinajstić information content (AvgIpc) is 2.75. The molecule has 1 fully saturated rings. The van der Waals surface area contributed by atoms with E-state index in [0.717, 1.165) is 11.1 Å². The maximum absolute atomic E-state index is 12.7. The second-order valence-electron chi connectivity index (χ2n) is 8.50. The lowest BCUT2D eigenvalue weighted by molar-refractivity contribution is -0.121. The van der Waals surface area contributed by atoms with Crippen LogP contribution in [0, 0.1) is 5.92 Å². The predicted molar refractivity (Wildman–Crippen MR) is 125 cm³/mol. The molecule has 0 radical (unpaired) electrons. The zero-order valence-electron chi connectivity index (χ0n) is 18.6. The summed E-state index contributed by atoms with van der Waals surface area (Å²) in [5, 5.41) is 5.76. The van der Waals surface area contributed by atoms with Crippen molar-refractivity contribution in [3.8, 4) is 0 Å². The Morgan fingerprint density at radius 2 is 1.59 bits per heavy atom. The van der Waals surface area contributed by atoms with E-state index in [9.17, 15) is 18.0 Å². The van der Waals surface area contributed by atoms with Crippen LogP contribution in [0.2, 0.25) is 0 Å². The van der Waals surface area contributed by atoms with Crippen LogP contribution in [0.15, 0.2) is 54.6 Å². The predicted octanol–water partition coefficient (Wildman–Crippen LogP) is 2.93. The fraction of sp³-hybridized carbons (Fsp3) is 0.417. The molecule has 2 N–H and O–H groups in total. The molecule has 7 nitrogen and oxygen atoms in total. The number of piperidine rings is 1. The molecule has 172 valence electrons.